The molecule has 0 aliphatic carbocycles. The fourth-order valence-electron chi connectivity index (χ4n) is 1.95. The highest BCUT2D eigenvalue weighted by molar-refractivity contribution is 5.86. The van der Waals surface area contributed by atoms with Crippen LogP contribution in [0, 0.1) is 0 Å². The maximum atomic E-state index is 12.3. The third-order valence-corrected chi connectivity index (χ3v) is 3.49. The zero-order valence-corrected chi connectivity index (χ0v) is 12.9. The minimum absolute atomic E-state index is 0.0658. The molecule has 1 aromatic carbocycles. The van der Waals surface area contributed by atoms with E-state index in [1.54, 1.807) is 18.2 Å². The molecule has 0 saturated carbocycles. The van der Waals surface area contributed by atoms with E-state index in [0.29, 0.717) is 0 Å². The third-order valence-electron chi connectivity index (χ3n) is 3.49. The molecule has 1 atom stereocenters. The molecular weight excluding hydrogens is 282 g/mol. The molecule has 1 unspecified atom stereocenters. The van der Waals surface area contributed by atoms with E-state index in [4.69, 9.17) is 0 Å². The molecule has 0 saturated heterocycles. The molecule has 0 fully saturated rings. The fourth-order valence-corrected chi connectivity index (χ4v) is 1.95. The minimum atomic E-state index is -0.407. The monoisotopic (exact) mass is 301 g/mol. The van der Waals surface area contributed by atoms with Crippen molar-refractivity contribution >= 4 is 12.0 Å². The van der Waals surface area contributed by atoms with Crippen LogP contribution in [0.25, 0.3) is 11.8 Å². The number of esters is 1. The Morgan fingerprint density at radius 3 is 2.64 bits per heavy atom. The maximum Gasteiger partial charge on any atom is 0.350 e. The van der Waals surface area contributed by atoms with Gasteiger partial charge in [-0.1, -0.05) is 19.1 Å². The molecule has 2 rings (SSSR count). The number of nitrogens with zero attached hydrogens (tertiary/aromatic N) is 3. The Bertz CT molecular complexity index is 726. The smallest absolute Gasteiger partial charge is 0.350 e. The van der Waals surface area contributed by atoms with E-state index < -0.39 is 5.97 Å². The van der Waals surface area contributed by atoms with Crippen LogP contribution in [0.15, 0.2) is 41.5 Å². The number of carbonyl (C=O) groups is 1. The zero-order chi connectivity index (χ0) is 16.1. The average Bonchev–Trinajstić information content (AvgIpc) is 2.94. The number of rotatable bonds is 5. The first-order valence-electron chi connectivity index (χ1n) is 7.09. The van der Waals surface area contributed by atoms with Crippen molar-refractivity contribution in [3.8, 4) is 5.69 Å². The summed E-state index contributed by atoms with van der Waals surface area (Å²) in [5.74, 6) is -0.407. The van der Waals surface area contributed by atoms with E-state index in [1.807, 2.05) is 26.0 Å². The number of hydrogen-bond acceptors (Lipinski definition) is 4. The normalized spacial score (nSPS) is 12.5. The minimum Gasteiger partial charge on any atom is -0.466 e. The van der Waals surface area contributed by atoms with Crippen molar-refractivity contribution in [2.45, 2.75) is 26.3 Å². The average molecular weight is 301 g/mol. The summed E-state index contributed by atoms with van der Waals surface area (Å²) in [6, 6.07) is 7.32. The Balaban J connectivity index is 2.24. The van der Waals surface area contributed by atoms with Gasteiger partial charge in [0, 0.05) is 6.08 Å². The van der Waals surface area contributed by atoms with Crippen molar-refractivity contribution in [3.63, 3.8) is 0 Å². The summed E-state index contributed by atoms with van der Waals surface area (Å²) in [7, 11) is 1.33. The van der Waals surface area contributed by atoms with Crippen LogP contribution in [-0.2, 0) is 9.53 Å². The lowest BCUT2D eigenvalue weighted by Gasteiger charge is -2.06. The van der Waals surface area contributed by atoms with Gasteiger partial charge in [-0.15, -0.1) is 0 Å². The molecule has 0 spiro atoms. The molecule has 6 heteroatoms. The number of carbonyl (C=O) groups excluding carboxylic acids is 1. The van der Waals surface area contributed by atoms with Gasteiger partial charge in [0.2, 0.25) is 0 Å². The van der Waals surface area contributed by atoms with Crippen LogP contribution in [0.4, 0.5) is 0 Å². The lowest BCUT2D eigenvalue weighted by atomic mass is 10.2. The number of benzene rings is 1. The molecular formula is C16H19N3O3. The number of ether oxygens (including phenoxy) is 1. The maximum absolute atomic E-state index is 12.3. The second-order valence-electron chi connectivity index (χ2n) is 4.93. The molecule has 0 amide bonds. The number of hydrogen-bond donors (Lipinski definition) is 0. The van der Waals surface area contributed by atoms with Gasteiger partial charge < -0.3 is 4.74 Å². The van der Waals surface area contributed by atoms with Crippen LogP contribution in [-0.4, -0.2) is 27.4 Å². The Morgan fingerprint density at radius 1 is 1.36 bits per heavy atom. The van der Waals surface area contributed by atoms with Crippen LogP contribution in [0.5, 0.6) is 0 Å². The topological polar surface area (TPSA) is 66.1 Å². The lowest BCUT2D eigenvalue weighted by molar-refractivity contribution is -0.134. The summed E-state index contributed by atoms with van der Waals surface area (Å²) in [5.41, 5.74) is 1.42. The third kappa shape index (κ3) is 3.33. The van der Waals surface area contributed by atoms with Crippen molar-refractivity contribution in [1.29, 1.82) is 0 Å². The van der Waals surface area contributed by atoms with E-state index in [0.717, 1.165) is 17.7 Å². The second-order valence-corrected chi connectivity index (χ2v) is 4.93. The summed E-state index contributed by atoms with van der Waals surface area (Å²) < 4.78 is 7.51. The summed E-state index contributed by atoms with van der Waals surface area (Å²) in [5, 5.41) is 4.15. The standard InChI is InChI=1S/C16H19N3O3/c1-4-12(2)19-16(21)18(11-17-19)14-8-5-13(6-9-14)7-10-15(20)22-3/h5-12H,4H2,1-3H3. The lowest BCUT2D eigenvalue weighted by Crippen LogP contribution is -2.26. The number of methoxy groups -OCH3 is 1. The van der Waals surface area contributed by atoms with E-state index in [-0.39, 0.29) is 11.7 Å². The summed E-state index contributed by atoms with van der Waals surface area (Å²) in [6.45, 7) is 3.97. The van der Waals surface area contributed by atoms with Gasteiger partial charge >= 0.3 is 11.7 Å². The molecule has 116 valence electrons. The SMILES string of the molecule is CCC(C)n1ncn(-c2ccc(C=CC(=O)OC)cc2)c1=O. The predicted octanol–water partition coefficient (Wildman–Crippen LogP) is 2.19. The molecule has 22 heavy (non-hydrogen) atoms. The highest BCUT2D eigenvalue weighted by Gasteiger charge is 2.10. The highest BCUT2D eigenvalue weighted by atomic mass is 16.5. The molecule has 2 aromatic rings. The Labute approximate surface area is 128 Å². The predicted molar refractivity (Wildman–Crippen MR) is 83.9 cm³/mol. The highest BCUT2D eigenvalue weighted by Crippen LogP contribution is 2.10. The Morgan fingerprint density at radius 2 is 2.05 bits per heavy atom. The summed E-state index contributed by atoms with van der Waals surface area (Å²) in [4.78, 5) is 23.3. The van der Waals surface area contributed by atoms with E-state index in [2.05, 4.69) is 9.84 Å². The van der Waals surface area contributed by atoms with Gasteiger partial charge in [-0.3, -0.25) is 0 Å². The van der Waals surface area contributed by atoms with Gasteiger partial charge in [-0.25, -0.2) is 18.8 Å². The van der Waals surface area contributed by atoms with E-state index >= 15 is 0 Å². The second kappa shape index (κ2) is 6.89. The van der Waals surface area contributed by atoms with Gasteiger partial charge in [-0.05, 0) is 37.1 Å². The van der Waals surface area contributed by atoms with Crippen molar-refractivity contribution in [2.75, 3.05) is 7.11 Å². The van der Waals surface area contributed by atoms with Crippen LogP contribution >= 0.6 is 0 Å². The van der Waals surface area contributed by atoms with Crippen molar-refractivity contribution in [1.82, 2.24) is 14.3 Å². The van der Waals surface area contributed by atoms with Crippen molar-refractivity contribution in [2.24, 2.45) is 0 Å². The molecule has 1 aromatic heterocycles. The molecule has 0 N–H and O–H groups in total. The summed E-state index contributed by atoms with van der Waals surface area (Å²) in [6.07, 6.45) is 5.37. The van der Waals surface area contributed by atoms with Crippen LogP contribution in [0.1, 0.15) is 31.9 Å². The fraction of sp³-hybridized carbons (Fsp3) is 0.312. The zero-order valence-electron chi connectivity index (χ0n) is 12.9. The van der Waals surface area contributed by atoms with Crippen molar-refractivity contribution in [3.05, 3.63) is 52.7 Å². The van der Waals surface area contributed by atoms with Crippen LogP contribution in [0.2, 0.25) is 0 Å². The Hall–Kier alpha value is -2.63. The van der Waals surface area contributed by atoms with Gasteiger partial charge in [0.15, 0.2) is 0 Å². The summed E-state index contributed by atoms with van der Waals surface area (Å²) >= 11 is 0. The van der Waals surface area contributed by atoms with Gasteiger partial charge in [0.1, 0.15) is 6.33 Å². The van der Waals surface area contributed by atoms with Gasteiger partial charge in [0.05, 0.1) is 18.8 Å². The first-order chi connectivity index (χ1) is 10.6. The molecule has 0 aliphatic heterocycles. The first kappa shape index (κ1) is 15.8. The molecule has 0 bridgehead atoms. The molecule has 0 radical (unpaired) electrons. The van der Waals surface area contributed by atoms with Crippen LogP contribution < -0.4 is 5.69 Å². The van der Waals surface area contributed by atoms with E-state index in [1.165, 1.54) is 28.8 Å². The van der Waals surface area contributed by atoms with Gasteiger partial charge in [0.25, 0.3) is 0 Å². The molecule has 1 heterocycles. The van der Waals surface area contributed by atoms with Crippen molar-refractivity contribution < 1.29 is 9.53 Å². The van der Waals surface area contributed by atoms with E-state index in [9.17, 15) is 9.59 Å². The first-order valence-corrected chi connectivity index (χ1v) is 7.09. The van der Waals surface area contributed by atoms with Crippen LogP contribution in [0.3, 0.4) is 0 Å². The quantitative estimate of drug-likeness (QED) is 0.627. The number of aromatic nitrogens is 3. The van der Waals surface area contributed by atoms with Gasteiger partial charge in [-0.2, -0.15) is 5.10 Å². The largest absolute Gasteiger partial charge is 0.466 e. The Kier molecular flexibility index (Phi) is 4.93. The molecule has 0 aliphatic rings. The molecule has 6 nitrogen and oxygen atoms in total.